The molecule has 76 valence electrons. The smallest absolute Gasteiger partial charge is 0.219 e. The Kier molecular flexibility index (Phi) is 4.19. The van der Waals surface area contributed by atoms with E-state index in [0.717, 1.165) is 5.69 Å². The SMILES string of the molecule is Cc1ccc(NCCC(N)=O)cc1I. The number of rotatable bonds is 4. The molecule has 4 heteroatoms. The molecule has 3 N–H and O–H groups in total. The van der Waals surface area contributed by atoms with Gasteiger partial charge in [-0.3, -0.25) is 4.79 Å². The first-order chi connectivity index (χ1) is 6.59. The van der Waals surface area contributed by atoms with Gasteiger partial charge in [0.25, 0.3) is 0 Å². The fourth-order valence-electron chi connectivity index (χ4n) is 1.03. The number of amides is 1. The average molecular weight is 304 g/mol. The summed E-state index contributed by atoms with van der Waals surface area (Å²) in [6.45, 7) is 2.66. The number of carbonyl (C=O) groups is 1. The Labute approximate surface area is 97.2 Å². The van der Waals surface area contributed by atoms with Crippen molar-refractivity contribution in [2.24, 2.45) is 5.73 Å². The van der Waals surface area contributed by atoms with E-state index in [9.17, 15) is 4.79 Å². The predicted molar refractivity (Wildman–Crippen MR) is 66.2 cm³/mol. The van der Waals surface area contributed by atoms with Crippen molar-refractivity contribution in [3.63, 3.8) is 0 Å². The van der Waals surface area contributed by atoms with E-state index >= 15 is 0 Å². The quantitative estimate of drug-likeness (QED) is 0.835. The van der Waals surface area contributed by atoms with E-state index in [1.54, 1.807) is 0 Å². The Morgan fingerprint density at radius 3 is 2.86 bits per heavy atom. The Morgan fingerprint density at radius 2 is 2.29 bits per heavy atom. The van der Waals surface area contributed by atoms with Crippen LogP contribution in [0.3, 0.4) is 0 Å². The molecule has 0 aliphatic rings. The summed E-state index contributed by atoms with van der Waals surface area (Å²) >= 11 is 2.28. The van der Waals surface area contributed by atoms with Crippen molar-refractivity contribution >= 4 is 34.2 Å². The van der Waals surface area contributed by atoms with Gasteiger partial charge in [-0.25, -0.2) is 0 Å². The summed E-state index contributed by atoms with van der Waals surface area (Å²) in [5.74, 6) is -0.278. The van der Waals surface area contributed by atoms with Gasteiger partial charge >= 0.3 is 0 Å². The fraction of sp³-hybridized carbons (Fsp3) is 0.300. The molecular weight excluding hydrogens is 291 g/mol. The van der Waals surface area contributed by atoms with Gasteiger partial charge in [0.1, 0.15) is 0 Å². The van der Waals surface area contributed by atoms with Gasteiger partial charge in [-0.15, -0.1) is 0 Å². The number of anilines is 1. The van der Waals surface area contributed by atoms with Crippen molar-refractivity contribution < 1.29 is 4.79 Å². The van der Waals surface area contributed by atoms with Crippen LogP contribution in [-0.2, 0) is 4.79 Å². The highest BCUT2D eigenvalue weighted by molar-refractivity contribution is 14.1. The van der Waals surface area contributed by atoms with Crippen LogP contribution in [-0.4, -0.2) is 12.5 Å². The van der Waals surface area contributed by atoms with Crippen molar-refractivity contribution in [3.05, 3.63) is 27.3 Å². The van der Waals surface area contributed by atoms with Crippen LogP contribution < -0.4 is 11.1 Å². The number of nitrogens with one attached hydrogen (secondary N) is 1. The van der Waals surface area contributed by atoms with Gasteiger partial charge in [0, 0.05) is 22.2 Å². The molecule has 0 heterocycles. The maximum Gasteiger partial charge on any atom is 0.219 e. The van der Waals surface area contributed by atoms with E-state index < -0.39 is 0 Å². The molecule has 0 aliphatic heterocycles. The van der Waals surface area contributed by atoms with Crippen LogP contribution >= 0.6 is 22.6 Å². The van der Waals surface area contributed by atoms with Gasteiger partial charge in [-0.05, 0) is 47.2 Å². The Balaban J connectivity index is 2.51. The van der Waals surface area contributed by atoms with Gasteiger partial charge in [0.2, 0.25) is 5.91 Å². The monoisotopic (exact) mass is 304 g/mol. The van der Waals surface area contributed by atoms with Crippen molar-refractivity contribution in [2.75, 3.05) is 11.9 Å². The van der Waals surface area contributed by atoms with Crippen LogP contribution in [0.4, 0.5) is 5.69 Å². The zero-order valence-electron chi connectivity index (χ0n) is 8.01. The molecule has 1 rings (SSSR count). The van der Waals surface area contributed by atoms with E-state index in [0.29, 0.717) is 13.0 Å². The predicted octanol–water partition coefficient (Wildman–Crippen LogP) is 1.89. The highest BCUT2D eigenvalue weighted by Gasteiger charge is 1.97. The maximum atomic E-state index is 10.5. The van der Waals surface area contributed by atoms with Crippen molar-refractivity contribution in [2.45, 2.75) is 13.3 Å². The summed E-state index contributed by atoms with van der Waals surface area (Å²) < 4.78 is 1.21. The molecule has 0 atom stereocenters. The van der Waals surface area contributed by atoms with Crippen LogP contribution in [0.1, 0.15) is 12.0 Å². The third-order valence-electron chi connectivity index (χ3n) is 1.87. The lowest BCUT2D eigenvalue weighted by Crippen LogP contribution is -2.15. The van der Waals surface area contributed by atoms with Crippen molar-refractivity contribution in [1.29, 1.82) is 0 Å². The standard InChI is InChI=1S/C10H13IN2O/c1-7-2-3-8(6-9(7)11)13-5-4-10(12)14/h2-3,6,13H,4-5H2,1H3,(H2,12,14). The zero-order valence-corrected chi connectivity index (χ0v) is 10.2. The topological polar surface area (TPSA) is 55.1 Å². The van der Waals surface area contributed by atoms with Gasteiger partial charge < -0.3 is 11.1 Å². The minimum Gasteiger partial charge on any atom is -0.384 e. The molecule has 1 amide bonds. The minimum atomic E-state index is -0.278. The van der Waals surface area contributed by atoms with E-state index in [-0.39, 0.29) is 5.91 Å². The van der Waals surface area contributed by atoms with Crippen LogP contribution in [0, 0.1) is 10.5 Å². The molecule has 0 unspecified atom stereocenters. The van der Waals surface area contributed by atoms with E-state index in [1.807, 2.05) is 12.1 Å². The number of halogens is 1. The number of hydrogen-bond donors (Lipinski definition) is 2. The molecule has 0 aromatic heterocycles. The molecular formula is C10H13IN2O. The molecule has 1 aromatic rings. The molecule has 0 fully saturated rings. The fourth-order valence-corrected chi connectivity index (χ4v) is 1.55. The number of hydrogen-bond acceptors (Lipinski definition) is 2. The third kappa shape index (κ3) is 3.53. The lowest BCUT2D eigenvalue weighted by atomic mass is 10.2. The Hall–Kier alpha value is -0.780. The van der Waals surface area contributed by atoms with Crippen molar-refractivity contribution in [1.82, 2.24) is 0 Å². The van der Waals surface area contributed by atoms with Crippen LogP contribution in [0.15, 0.2) is 18.2 Å². The summed E-state index contributed by atoms with van der Waals surface area (Å²) in [5, 5.41) is 3.14. The number of primary amides is 1. The lowest BCUT2D eigenvalue weighted by Gasteiger charge is -2.06. The summed E-state index contributed by atoms with van der Waals surface area (Å²) in [5.41, 5.74) is 7.31. The summed E-state index contributed by atoms with van der Waals surface area (Å²) in [6, 6.07) is 6.10. The third-order valence-corrected chi connectivity index (χ3v) is 3.03. The molecule has 3 nitrogen and oxygen atoms in total. The first-order valence-electron chi connectivity index (χ1n) is 4.38. The number of carbonyl (C=O) groups excluding carboxylic acids is 1. The molecule has 0 spiro atoms. The zero-order chi connectivity index (χ0) is 10.6. The summed E-state index contributed by atoms with van der Waals surface area (Å²) in [4.78, 5) is 10.5. The second kappa shape index (κ2) is 5.19. The van der Waals surface area contributed by atoms with Crippen LogP contribution in [0.25, 0.3) is 0 Å². The second-order valence-corrected chi connectivity index (χ2v) is 4.27. The molecule has 0 radical (unpaired) electrons. The number of aryl methyl sites for hydroxylation is 1. The molecule has 14 heavy (non-hydrogen) atoms. The summed E-state index contributed by atoms with van der Waals surface area (Å²) in [6.07, 6.45) is 0.366. The van der Waals surface area contributed by atoms with Crippen LogP contribution in [0.2, 0.25) is 0 Å². The lowest BCUT2D eigenvalue weighted by molar-refractivity contribution is -0.117. The first kappa shape index (κ1) is 11.3. The van der Waals surface area contributed by atoms with E-state index in [1.165, 1.54) is 9.13 Å². The Morgan fingerprint density at radius 1 is 1.57 bits per heavy atom. The van der Waals surface area contributed by atoms with Gasteiger partial charge in [0.05, 0.1) is 0 Å². The molecule has 0 saturated heterocycles. The van der Waals surface area contributed by atoms with E-state index in [2.05, 4.69) is 40.9 Å². The average Bonchev–Trinajstić information content (AvgIpc) is 2.10. The maximum absolute atomic E-state index is 10.5. The van der Waals surface area contributed by atoms with Gasteiger partial charge in [0.15, 0.2) is 0 Å². The van der Waals surface area contributed by atoms with Crippen LogP contribution in [0.5, 0.6) is 0 Å². The highest BCUT2D eigenvalue weighted by Crippen LogP contribution is 2.16. The highest BCUT2D eigenvalue weighted by atomic mass is 127. The van der Waals surface area contributed by atoms with Gasteiger partial charge in [-0.1, -0.05) is 6.07 Å². The molecule has 0 bridgehead atoms. The molecule has 1 aromatic carbocycles. The normalized spacial score (nSPS) is 9.86. The van der Waals surface area contributed by atoms with Gasteiger partial charge in [-0.2, -0.15) is 0 Å². The largest absolute Gasteiger partial charge is 0.384 e. The number of nitrogens with two attached hydrogens (primary N) is 1. The Bertz CT molecular complexity index is 339. The first-order valence-corrected chi connectivity index (χ1v) is 5.46. The van der Waals surface area contributed by atoms with Crippen molar-refractivity contribution in [3.8, 4) is 0 Å². The number of benzene rings is 1. The van der Waals surface area contributed by atoms with E-state index in [4.69, 9.17) is 5.73 Å². The molecule has 0 aliphatic carbocycles. The second-order valence-electron chi connectivity index (χ2n) is 3.11. The molecule has 0 saturated carbocycles. The minimum absolute atomic E-state index is 0.278. The summed E-state index contributed by atoms with van der Waals surface area (Å²) in [7, 11) is 0.